The van der Waals surface area contributed by atoms with Gasteiger partial charge in [0.25, 0.3) is 0 Å². The van der Waals surface area contributed by atoms with Crippen molar-refractivity contribution in [2.75, 3.05) is 6.54 Å². The van der Waals surface area contributed by atoms with Gasteiger partial charge in [0.05, 0.1) is 6.42 Å². The number of benzene rings is 1. The molecule has 0 aliphatic rings. The molecule has 8 heteroatoms. The van der Waals surface area contributed by atoms with Gasteiger partial charge in [-0.15, -0.1) is 5.10 Å². The summed E-state index contributed by atoms with van der Waals surface area (Å²) in [5.74, 6) is -0.995. The van der Waals surface area contributed by atoms with Crippen molar-refractivity contribution in [2.45, 2.75) is 6.42 Å². The van der Waals surface area contributed by atoms with Crippen molar-refractivity contribution in [1.82, 2.24) is 25.9 Å². The minimum absolute atomic E-state index is 0.0597. The van der Waals surface area contributed by atoms with E-state index in [9.17, 15) is 9.59 Å². The highest BCUT2D eigenvalue weighted by Gasteiger charge is 2.11. The lowest BCUT2D eigenvalue weighted by Gasteiger charge is -2.06. The number of hydrogen-bond acceptors (Lipinski definition) is 5. The fourth-order valence-corrected chi connectivity index (χ4v) is 1.59. The number of aromatic amines is 1. The van der Waals surface area contributed by atoms with E-state index in [4.69, 9.17) is 5.11 Å². The van der Waals surface area contributed by atoms with Crippen molar-refractivity contribution < 1.29 is 14.7 Å². The van der Waals surface area contributed by atoms with Crippen LogP contribution in [0.15, 0.2) is 24.3 Å². The molecule has 2 aromatic rings. The van der Waals surface area contributed by atoms with E-state index >= 15 is 0 Å². The highest BCUT2D eigenvalue weighted by Crippen LogP contribution is 2.19. The first-order valence-corrected chi connectivity index (χ1v) is 5.47. The summed E-state index contributed by atoms with van der Waals surface area (Å²) >= 11 is 0. The van der Waals surface area contributed by atoms with Crippen LogP contribution in [0.2, 0.25) is 0 Å². The minimum atomic E-state index is -1.08. The third-order valence-electron chi connectivity index (χ3n) is 2.41. The third-order valence-corrected chi connectivity index (χ3v) is 2.41. The molecule has 2 rings (SSSR count). The maximum absolute atomic E-state index is 11.6. The number of carboxylic acid groups (broad SMARTS) is 1. The predicted molar refractivity (Wildman–Crippen MR) is 64.0 cm³/mol. The van der Waals surface area contributed by atoms with Crippen LogP contribution in [0.25, 0.3) is 11.4 Å². The van der Waals surface area contributed by atoms with Crippen molar-refractivity contribution in [1.29, 1.82) is 0 Å². The number of carbonyl (C=O) groups excluding carboxylic acids is 1. The lowest BCUT2D eigenvalue weighted by atomic mass is 10.0. The van der Waals surface area contributed by atoms with Crippen LogP contribution in [0.4, 0.5) is 0 Å². The summed E-state index contributed by atoms with van der Waals surface area (Å²) in [6.45, 7) is -0.398. The zero-order chi connectivity index (χ0) is 13.7. The molecule has 0 spiro atoms. The molecule has 3 N–H and O–H groups in total. The van der Waals surface area contributed by atoms with E-state index in [1.165, 1.54) is 0 Å². The molecule has 0 fully saturated rings. The standard InChI is InChI=1S/C11H11N5O3/c17-9(12-6-10(18)19)5-7-3-1-2-4-8(7)11-13-15-16-14-11/h1-4H,5-6H2,(H,12,17)(H,18,19)(H,13,14,15,16). The number of H-pyrrole nitrogens is 1. The number of carboxylic acids is 1. The molecule has 0 saturated carbocycles. The van der Waals surface area contributed by atoms with Gasteiger partial charge < -0.3 is 10.4 Å². The Bertz CT molecular complexity index is 582. The second kappa shape index (κ2) is 5.71. The van der Waals surface area contributed by atoms with Crippen LogP contribution < -0.4 is 5.32 Å². The highest BCUT2D eigenvalue weighted by molar-refractivity contribution is 5.84. The van der Waals surface area contributed by atoms with E-state index in [2.05, 4.69) is 25.9 Å². The van der Waals surface area contributed by atoms with Gasteiger partial charge in [0.2, 0.25) is 5.91 Å². The van der Waals surface area contributed by atoms with E-state index in [1.807, 2.05) is 0 Å². The predicted octanol–water partition coefficient (Wildman–Crippen LogP) is -0.390. The van der Waals surface area contributed by atoms with Crippen molar-refractivity contribution >= 4 is 11.9 Å². The molecule has 8 nitrogen and oxygen atoms in total. The quantitative estimate of drug-likeness (QED) is 0.674. The Morgan fingerprint density at radius 3 is 2.79 bits per heavy atom. The number of rotatable bonds is 5. The zero-order valence-corrected chi connectivity index (χ0v) is 9.83. The van der Waals surface area contributed by atoms with Crippen LogP contribution >= 0.6 is 0 Å². The maximum atomic E-state index is 11.6. The van der Waals surface area contributed by atoms with Gasteiger partial charge >= 0.3 is 5.97 Å². The molecule has 0 saturated heterocycles. The van der Waals surface area contributed by atoms with Gasteiger partial charge in [0, 0.05) is 5.56 Å². The number of tetrazole rings is 1. The number of aliphatic carboxylic acids is 1. The van der Waals surface area contributed by atoms with E-state index in [0.717, 1.165) is 0 Å². The molecule has 1 heterocycles. The van der Waals surface area contributed by atoms with Crippen LogP contribution in [-0.4, -0.2) is 44.2 Å². The first-order valence-electron chi connectivity index (χ1n) is 5.47. The van der Waals surface area contributed by atoms with E-state index in [-0.39, 0.29) is 12.3 Å². The summed E-state index contributed by atoms with van der Waals surface area (Å²) in [5.41, 5.74) is 1.42. The third kappa shape index (κ3) is 3.35. The molecule has 19 heavy (non-hydrogen) atoms. The first-order chi connectivity index (χ1) is 9.16. The van der Waals surface area contributed by atoms with Crippen LogP contribution in [0.3, 0.4) is 0 Å². The van der Waals surface area contributed by atoms with Gasteiger partial charge in [-0.1, -0.05) is 24.3 Å². The van der Waals surface area contributed by atoms with Gasteiger partial charge in [-0.3, -0.25) is 9.59 Å². The van der Waals surface area contributed by atoms with Crippen LogP contribution in [-0.2, 0) is 16.0 Å². The topological polar surface area (TPSA) is 121 Å². The van der Waals surface area contributed by atoms with Crippen LogP contribution in [0, 0.1) is 0 Å². The van der Waals surface area contributed by atoms with E-state index in [1.54, 1.807) is 24.3 Å². The second-order valence-electron chi connectivity index (χ2n) is 3.75. The summed E-state index contributed by atoms with van der Waals surface area (Å²) in [6, 6.07) is 7.13. The molecule has 1 amide bonds. The van der Waals surface area contributed by atoms with Crippen LogP contribution in [0.1, 0.15) is 5.56 Å². The number of aromatic nitrogens is 4. The largest absolute Gasteiger partial charge is 0.480 e. The Balaban J connectivity index is 2.12. The van der Waals surface area contributed by atoms with Crippen LogP contribution in [0.5, 0.6) is 0 Å². The second-order valence-corrected chi connectivity index (χ2v) is 3.75. The molecule has 0 bridgehead atoms. The molecular weight excluding hydrogens is 250 g/mol. The molecule has 0 atom stereocenters. The summed E-state index contributed by atoms with van der Waals surface area (Å²) < 4.78 is 0. The fourth-order valence-electron chi connectivity index (χ4n) is 1.59. The lowest BCUT2D eigenvalue weighted by molar-refractivity contribution is -0.137. The summed E-state index contributed by atoms with van der Waals surface area (Å²) in [5, 5.41) is 24.2. The van der Waals surface area contributed by atoms with E-state index < -0.39 is 12.5 Å². The summed E-state index contributed by atoms with van der Waals surface area (Å²) in [4.78, 5) is 22.0. The normalized spacial score (nSPS) is 10.1. The monoisotopic (exact) mass is 261 g/mol. The Kier molecular flexibility index (Phi) is 3.81. The maximum Gasteiger partial charge on any atom is 0.322 e. The van der Waals surface area contributed by atoms with Gasteiger partial charge in [-0.05, 0) is 16.0 Å². The number of carbonyl (C=O) groups is 2. The summed E-state index contributed by atoms with van der Waals surface area (Å²) in [7, 11) is 0. The number of nitrogens with one attached hydrogen (secondary N) is 2. The molecule has 0 radical (unpaired) electrons. The number of amides is 1. The van der Waals surface area contributed by atoms with Crippen molar-refractivity contribution in [2.24, 2.45) is 0 Å². The molecule has 98 valence electrons. The molecule has 0 unspecified atom stereocenters. The molecule has 1 aromatic carbocycles. The Hall–Kier alpha value is -2.77. The Morgan fingerprint density at radius 1 is 1.32 bits per heavy atom. The molecule has 1 aromatic heterocycles. The highest BCUT2D eigenvalue weighted by atomic mass is 16.4. The number of hydrogen-bond donors (Lipinski definition) is 3. The van der Waals surface area contributed by atoms with Gasteiger partial charge in [0.15, 0.2) is 5.82 Å². The van der Waals surface area contributed by atoms with Crippen molar-refractivity contribution in [3.05, 3.63) is 29.8 Å². The van der Waals surface area contributed by atoms with Gasteiger partial charge in [-0.25, -0.2) is 5.10 Å². The smallest absolute Gasteiger partial charge is 0.322 e. The zero-order valence-electron chi connectivity index (χ0n) is 9.83. The fraction of sp³-hybridized carbons (Fsp3) is 0.182. The summed E-state index contributed by atoms with van der Waals surface area (Å²) in [6.07, 6.45) is 0.0597. The van der Waals surface area contributed by atoms with Gasteiger partial charge in [-0.2, -0.15) is 0 Å². The Morgan fingerprint density at radius 2 is 2.11 bits per heavy atom. The lowest BCUT2D eigenvalue weighted by Crippen LogP contribution is -2.30. The first kappa shape index (κ1) is 12.7. The Labute approximate surface area is 107 Å². The molecule has 0 aliphatic carbocycles. The SMILES string of the molecule is O=C(O)CNC(=O)Cc1ccccc1-c1nnn[nH]1. The van der Waals surface area contributed by atoms with Crippen molar-refractivity contribution in [3.8, 4) is 11.4 Å². The molecule has 0 aliphatic heterocycles. The average molecular weight is 261 g/mol. The molecular formula is C11H11N5O3. The number of nitrogens with zero attached hydrogens (tertiary/aromatic N) is 3. The average Bonchev–Trinajstić information content (AvgIpc) is 2.91. The van der Waals surface area contributed by atoms with Crippen molar-refractivity contribution in [3.63, 3.8) is 0 Å². The van der Waals surface area contributed by atoms with E-state index in [0.29, 0.717) is 17.0 Å². The van der Waals surface area contributed by atoms with Gasteiger partial charge in [0.1, 0.15) is 6.54 Å². The minimum Gasteiger partial charge on any atom is -0.480 e.